The molecule has 4 rings (SSSR count). The molecule has 1 aliphatic heterocycles. The van der Waals surface area contributed by atoms with Gasteiger partial charge < -0.3 is 20.6 Å². The standard InChI is InChI=1S/C24H28F5N5O3S/c1-3-16(24(27,28)29)32-17-9-12(20(25)26)13(10-30-17)19-18(23(37)34-8-4-5-11(34)2)33-22(38-19)21(36)31-14-6-7-15(14)35/h9-11,14-16,20,35H,3-8H2,1-2H3,(H,30,32)(H,31,36)/t11-,14-,15+,16?/m0/s1. The molecule has 2 aromatic heterocycles. The van der Waals surface area contributed by atoms with Gasteiger partial charge in [-0.25, -0.2) is 18.7 Å². The Kier molecular flexibility index (Phi) is 8.21. The Labute approximate surface area is 219 Å². The van der Waals surface area contributed by atoms with Crippen molar-refractivity contribution in [3.63, 3.8) is 0 Å². The summed E-state index contributed by atoms with van der Waals surface area (Å²) in [6.45, 7) is 3.59. The van der Waals surface area contributed by atoms with Crippen molar-refractivity contribution in [3.8, 4) is 10.4 Å². The van der Waals surface area contributed by atoms with E-state index in [2.05, 4.69) is 20.6 Å². The maximum atomic E-state index is 14.2. The molecular formula is C24H28F5N5O3S. The number of thiazole rings is 1. The SMILES string of the molecule is CCC(Nc1cc(C(F)F)c(-c2sc(C(=O)N[C@H]3CC[C@H]3O)nc2C(=O)N2CCC[C@@H]2C)cn1)C(F)(F)F. The molecule has 1 aliphatic carbocycles. The Morgan fingerprint density at radius 2 is 2.00 bits per heavy atom. The molecule has 14 heteroatoms. The number of likely N-dealkylation sites (tertiary alicyclic amines) is 1. The normalized spacial score (nSPS) is 22.3. The predicted molar refractivity (Wildman–Crippen MR) is 130 cm³/mol. The van der Waals surface area contributed by atoms with Crippen molar-refractivity contribution in [2.45, 2.75) is 82.8 Å². The van der Waals surface area contributed by atoms with Crippen LogP contribution in [0.15, 0.2) is 12.3 Å². The Hall–Kier alpha value is -2.87. The van der Waals surface area contributed by atoms with Crippen LogP contribution in [0.3, 0.4) is 0 Å². The lowest BCUT2D eigenvalue weighted by Crippen LogP contribution is -2.50. The minimum absolute atomic E-state index is 0.0226. The Balaban J connectivity index is 1.74. The van der Waals surface area contributed by atoms with Gasteiger partial charge in [0.15, 0.2) is 5.01 Å². The number of alkyl halides is 5. The molecule has 1 saturated heterocycles. The van der Waals surface area contributed by atoms with E-state index >= 15 is 0 Å². The molecule has 2 fully saturated rings. The molecule has 3 heterocycles. The number of aliphatic hydroxyl groups is 1. The first-order valence-corrected chi connectivity index (χ1v) is 13.1. The van der Waals surface area contributed by atoms with Gasteiger partial charge in [-0.05, 0) is 45.1 Å². The molecule has 1 saturated carbocycles. The van der Waals surface area contributed by atoms with Gasteiger partial charge in [-0.3, -0.25) is 9.59 Å². The van der Waals surface area contributed by atoms with Crippen molar-refractivity contribution >= 4 is 29.0 Å². The number of carbonyl (C=O) groups is 2. The predicted octanol–water partition coefficient (Wildman–Crippen LogP) is 4.77. The molecule has 38 heavy (non-hydrogen) atoms. The molecule has 0 aromatic carbocycles. The third kappa shape index (κ3) is 5.75. The number of carbonyl (C=O) groups excluding carboxylic acids is 2. The van der Waals surface area contributed by atoms with Gasteiger partial charge in [0, 0.05) is 29.9 Å². The number of aliphatic hydroxyl groups excluding tert-OH is 1. The summed E-state index contributed by atoms with van der Waals surface area (Å²) < 4.78 is 68.0. The molecule has 1 unspecified atom stereocenters. The minimum atomic E-state index is -4.61. The van der Waals surface area contributed by atoms with Crippen LogP contribution in [-0.4, -0.2) is 68.7 Å². The van der Waals surface area contributed by atoms with Gasteiger partial charge in [0.2, 0.25) is 0 Å². The Morgan fingerprint density at radius 3 is 2.53 bits per heavy atom. The lowest BCUT2D eigenvalue weighted by Gasteiger charge is -2.32. The monoisotopic (exact) mass is 561 g/mol. The molecule has 3 N–H and O–H groups in total. The van der Waals surface area contributed by atoms with Gasteiger partial charge in [0.1, 0.15) is 17.6 Å². The van der Waals surface area contributed by atoms with E-state index < -0.39 is 54.0 Å². The molecule has 0 spiro atoms. The van der Waals surface area contributed by atoms with Gasteiger partial charge in [-0.2, -0.15) is 13.2 Å². The highest BCUT2D eigenvalue weighted by Gasteiger charge is 2.39. The number of anilines is 1. The van der Waals surface area contributed by atoms with Crippen molar-refractivity contribution < 1.29 is 36.6 Å². The summed E-state index contributed by atoms with van der Waals surface area (Å²) in [5, 5.41) is 14.4. The summed E-state index contributed by atoms with van der Waals surface area (Å²) in [4.78, 5) is 35.9. The summed E-state index contributed by atoms with van der Waals surface area (Å²) in [5.74, 6) is -1.58. The van der Waals surface area contributed by atoms with Crippen LogP contribution >= 0.6 is 11.3 Å². The Morgan fingerprint density at radius 1 is 1.26 bits per heavy atom. The number of hydrogen-bond acceptors (Lipinski definition) is 7. The highest BCUT2D eigenvalue weighted by atomic mass is 32.1. The average Bonchev–Trinajstić information content (AvgIpc) is 3.50. The number of aromatic nitrogens is 2. The van der Waals surface area contributed by atoms with Gasteiger partial charge >= 0.3 is 6.18 Å². The summed E-state index contributed by atoms with van der Waals surface area (Å²) in [6.07, 6.45) is -5.20. The summed E-state index contributed by atoms with van der Waals surface area (Å²) >= 11 is 0.721. The minimum Gasteiger partial charge on any atom is -0.391 e. The van der Waals surface area contributed by atoms with Crippen molar-refractivity contribution in [2.75, 3.05) is 11.9 Å². The smallest absolute Gasteiger partial charge is 0.391 e. The number of amides is 2. The van der Waals surface area contributed by atoms with E-state index in [1.807, 2.05) is 6.92 Å². The maximum Gasteiger partial charge on any atom is 0.408 e. The lowest BCUT2D eigenvalue weighted by molar-refractivity contribution is -0.142. The van der Waals surface area contributed by atoms with Crippen LogP contribution in [-0.2, 0) is 0 Å². The third-order valence-electron chi connectivity index (χ3n) is 6.93. The summed E-state index contributed by atoms with van der Waals surface area (Å²) in [7, 11) is 0. The largest absolute Gasteiger partial charge is 0.408 e. The fraction of sp³-hybridized carbons (Fsp3) is 0.583. The van der Waals surface area contributed by atoms with Crippen LogP contribution in [0.4, 0.5) is 27.8 Å². The average molecular weight is 562 g/mol. The van der Waals surface area contributed by atoms with Gasteiger partial charge in [0.25, 0.3) is 18.2 Å². The van der Waals surface area contributed by atoms with Crippen LogP contribution in [0.1, 0.15) is 78.2 Å². The van der Waals surface area contributed by atoms with E-state index in [9.17, 15) is 36.6 Å². The second-order valence-electron chi connectivity index (χ2n) is 9.52. The van der Waals surface area contributed by atoms with Gasteiger partial charge in [-0.15, -0.1) is 11.3 Å². The first kappa shape index (κ1) is 28.1. The van der Waals surface area contributed by atoms with Crippen LogP contribution in [0.5, 0.6) is 0 Å². The molecule has 0 radical (unpaired) electrons. The van der Waals surface area contributed by atoms with Crippen LogP contribution < -0.4 is 10.6 Å². The zero-order chi connectivity index (χ0) is 27.8. The van der Waals surface area contributed by atoms with Crippen molar-refractivity contribution in [1.29, 1.82) is 0 Å². The molecule has 2 amide bonds. The second kappa shape index (κ2) is 11.1. The highest BCUT2D eigenvalue weighted by molar-refractivity contribution is 7.17. The van der Waals surface area contributed by atoms with Gasteiger partial charge in [-0.1, -0.05) is 6.92 Å². The number of hydrogen-bond donors (Lipinski definition) is 3. The van der Waals surface area contributed by atoms with Crippen LogP contribution in [0.25, 0.3) is 10.4 Å². The number of halogens is 5. The zero-order valence-corrected chi connectivity index (χ0v) is 21.5. The fourth-order valence-electron chi connectivity index (χ4n) is 4.51. The van der Waals surface area contributed by atoms with E-state index in [1.54, 1.807) is 4.90 Å². The van der Waals surface area contributed by atoms with E-state index in [0.29, 0.717) is 19.4 Å². The van der Waals surface area contributed by atoms with E-state index in [0.717, 1.165) is 36.4 Å². The number of rotatable bonds is 8. The molecule has 4 atom stereocenters. The molecule has 8 nitrogen and oxygen atoms in total. The maximum absolute atomic E-state index is 14.2. The molecule has 2 aliphatic rings. The van der Waals surface area contributed by atoms with Crippen molar-refractivity contribution in [2.24, 2.45) is 0 Å². The van der Waals surface area contributed by atoms with Crippen molar-refractivity contribution in [1.82, 2.24) is 20.2 Å². The quantitative estimate of drug-likeness (QED) is 0.401. The summed E-state index contributed by atoms with van der Waals surface area (Å²) in [5.41, 5.74) is -1.04. The van der Waals surface area contributed by atoms with E-state index in [4.69, 9.17) is 0 Å². The highest BCUT2D eigenvalue weighted by Crippen LogP contribution is 2.39. The Bertz CT molecular complexity index is 1190. The zero-order valence-electron chi connectivity index (χ0n) is 20.7. The fourth-order valence-corrected chi connectivity index (χ4v) is 5.50. The number of nitrogens with one attached hydrogen (secondary N) is 2. The first-order chi connectivity index (χ1) is 17.9. The summed E-state index contributed by atoms with van der Waals surface area (Å²) in [6, 6.07) is -1.75. The van der Waals surface area contributed by atoms with Crippen molar-refractivity contribution in [3.05, 3.63) is 28.5 Å². The lowest BCUT2D eigenvalue weighted by atomic mass is 9.89. The molecular weight excluding hydrogens is 533 g/mol. The van der Waals surface area contributed by atoms with Gasteiger partial charge in [0.05, 0.1) is 17.0 Å². The first-order valence-electron chi connectivity index (χ1n) is 12.3. The topological polar surface area (TPSA) is 107 Å². The van der Waals surface area contributed by atoms with E-state index in [1.165, 1.54) is 6.92 Å². The third-order valence-corrected chi connectivity index (χ3v) is 8.02. The number of nitrogens with zero attached hydrogens (tertiary/aromatic N) is 3. The van der Waals surface area contributed by atoms with Crippen LogP contribution in [0.2, 0.25) is 0 Å². The van der Waals surface area contributed by atoms with E-state index in [-0.39, 0.29) is 33.6 Å². The second-order valence-corrected chi connectivity index (χ2v) is 10.5. The number of pyridine rings is 1. The molecule has 0 bridgehead atoms. The molecule has 2 aromatic rings. The molecule has 208 valence electrons. The van der Waals surface area contributed by atoms with Crippen LogP contribution in [0, 0.1) is 0 Å².